The van der Waals surface area contributed by atoms with Crippen molar-refractivity contribution in [1.29, 1.82) is 0 Å². The molecule has 1 aromatic carbocycles. The third kappa shape index (κ3) is 4.46. The lowest BCUT2D eigenvalue weighted by Gasteiger charge is -2.38. The Morgan fingerprint density at radius 3 is 2.45 bits per heavy atom. The molecule has 0 unspecified atom stereocenters. The number of carboxylic acid groups (broad SMARTS) is 1. The van der Waals surface area contributed by atoms with Crippen LogP contribution in [0.4, 0.5) is 10.5 Å². The van der Waals surface area contributed by atoms with Crippen LogP contribution in [0.1, 0.15) is 26.3 Å². The van der Waals surface area contributed by atoms with Crippen LogP contribution in [0.25, 0.3) is 0 Å². The van der Waals surface area contributed by atoms with E-state index in [2.05, 4.69) is 15.9 Å². The first-order chi connectivity index (χ1) is 14.3. The Hall–Kier alpha value is -1.69. The number of carbonyl (C=O) groups excluding carboxylic acids is 1. The number of carbonyl (C=O) groups is 2. The van der Waals surface area contributed by atoms with Crippen molar-refractivity contribution in [2.75, 3.05) is 51.7 Å². The predicted molar refractivity (Wildman–Crippen MR) is 121 cm³/mol. The monoisotopic (exact) mass is 516 g/mol. The van der Waals surface area contributed by atoms with Gasteiger partial charge in [-0.25, -0.2) is 17.5 Å². The maximum absolute atomic E-state index is 13.2. The van der Waals surface area contributed by atoms with Gasteiger partial charge >= 0.3 is 6.09 Å². The normalized spacial score (nSPS) is 21.5. The van der Waals surface area contributed by atoms with Crippen molar-refractivity contribution in [3.63, 3.8) is 0 Å². The highest BCUT2D eigenvalue weighted by Crippen LogP contribution is 2.44. The average molecular weight is 517 g/mol. The summed E-state index contributed by atoms with van der Waals surface area (Å²) in [6, 6.07) is 3.17. The second kappa shape index (κ2) is 8.34. The number of amides is 2. The highest BCUT2D eigenvalue weighted by molar-refractivity contribution is 9.10. The molecule has 3 rings (SSSR count). The number of hydrogen-bond donors (Lipinski definition) is 1. The molecule has 1 aromatic rings. The van der Waals surface area contributed by atoms with Crippen LogP contribution in [0.5, 0.6) is 0 Å². The molecule has 11 heteroatoms. The maximum Gasteiger partial charge on any atom is 0.407 e. The smallest absolute Gasteiger partial charge is 0.407 e. The molecule has 1 N–H and O–H groups in total. The van der Waals surface area contributed by atoms with Gasteiger partial charge < -0.3 is 14.9 Å². The number of nitrogens with zero attached hydrogens (tertiary/aromatic N) is 4. The summed E-state index contributed by atoms with van der Waals surface area (Å²) < 4.78 is 27.1. The Morgan fingerprint density at radius 2 is 1.90 bits per heavy atom. The molecule has 172 valence electrons. The summed E-state index contributed by atoms with van der Waals surface area (Å²) in [4.78, 5) is 29.6. The molecule has 31 heavy (non-hydrogen) atoms. The third-order valence-electron chi connectivity index (χ3n) is 6.00. The molecule has 2 heterocycles. The van der Waals surface area contributed by atoms with Gasteiger partial charge in [-0.3, -0.25) is 9.69 Å². The van der Waals surface area contributed by atoms with E-state index in [0.29, 0.717) is 36.3 Å². The van der Waals surface area contributed by atoms with E-state index in [4.69, 9.17) is 0 Å². The second-order valence-electron chi connectivity index (χ2n) is 9.01. The van der Waals surface area contributed by atoms with E-state index in [1.807, 2.05) is 25.7 Å². The summed E-state index contributed by atoms with van der Waals surface area (Å²) in [5, 5.41) is 9.25. The van der Waals surface area contributed by atoms with Crippen molar-refractivity contribution in [2.24, 2.45) is 0 Å². The molecule has 2 aliphatic heterocycles. The number of benzene rings is 1. The van der Waals surface area contributed by atoms with Crippen molar-refractivity contribution < 1.29 is 23.1 Å². The fourth-order valence-electron chi connectivity index (χ4n) is 4.23. The molecule has 0 spiro atoms. The van der Waals surface area contributed by atoms with E-state index < -0.39 is 16.1 Å². The number of fused-ring (bicyclic) bond motifs is 1. The Morgan fingerprint density at radius 1 is 1.26 bits per heavy atom. The van der Waals surface area contributed by atoms with Crippen molar-refractivity contribution in [3.8, 4) is 0 Å². The minimum Gasteiger partial charge on any atom is -0.465 e. The highest BCUT2D eigenvalue weighted by Gasteiger charge is 2.40. The summed E-state index contributed by atoms with van der Waals surface area (Å²) in [7, 11) is -0.743. The lowest BCUT2D eigenvalue weighted by molar-refractivity contribution is -0.120. The standard InChI is InChI=1S/C20H29BrN4O5S/c1-13-10-23(6-7-24(13)19(27)28)11-18(26)25-12-20(2,3)14-8-15(21)17(9-16(14)25)31(29,30)22(4)5/h8-9,13H,6-7,10-12H2,1-5H3,(H,27,28)/t13-/m1/s1. The summed E-state index contributed by atoms with van der Waals surface area (Å²) >= 11 is 3.40. The lowest BCUT2D eigenvalue weighted by atomic mass is 9.87. The average Bonchev–Trinajstić information content (AvgIpc) is 2.91. The zero-order valence-electron chi connectivity index (χ0n) is 18.4. The van der Waals surface area contributed by atoms with E-state index in [1.54, 1.807) is 17.0 Å². The topological polar surface area (TPSA) is 101 Å². The molecule has 0 aromatic heterocycles. The first-order valence-corrected chi connectivity index (χ1v) is 12.3. The largest absolute Gasteiger partial charge is 0.465 e. The highest BCUT2D eigenvalue weighted by atomic mass is 79.9. The molecule has 0 saturated carbocycles. The molecule has 2 aliphatic rings. The van der Waals surface area contributed by atoms with Gasteiger partial charge in [0, 0.05) is 61.9 Å². The van der Waals surface area contributed by atoms with Crippen molar-refractivity contribution >= 4 is 43.6 Å². The summed E-state index contributed by atoms with van der Waals surface area (Å²) in [6.07, 6.45) is -0.950. The van der Waals surface area contributed by atoms with Crippen LogP contribution in [0.2, 0.25) is 0 Å². The van der Waals surface area contributed by atoms with Crippen molar-refractivity contribution in [2.45, 2.75) is 37.1 Å². The Balaban J connectivity index is 1.88. The van der Waals surface area contributed by atoms with Crippen LogP contribution in [0.15, 0.2) is 21.5 Å². The fraction of sp³-hybridized carbons (Fsp3) is 0.600. The maximum atomic E-state index is 13.2. The van der Waals surface area contributed by atoms with Gasteiger partial charge in [-0.2, -0.15) is 0 Å². The van der Waals surface area contributed by atoms with E-state index in [-0.39, 0.29) is 28.8 Å². The van der Waals surface area contributed by atoms with Gasteiger partial charge in [0.15, 0.2) is 0 Å². The lowest BCUT2D eigenvalue weighted by Crippen LogP contribution is -2.55. The molecule has 2 amide bonds. The quantitative estimate of drug-likeness (QED) is 0.656. The number of rotatable bonds is 4. The number of halogens is 1. The molecule has 0 radical (unpaired) electrons. The minimum absolute atomic E-state index is 0.121. The number of sulfonamides is 1. The molecule has 1 atom stereocenters. The molecule has 1 saturated heterocycles. The minimum atomic E-state index is -3.69. The molecule has 9 nitrogen and oxygen atoms in total. The van der Waals surface area contributed by atoms with Crippen LogP contribution < -0.4 is 4.90 Å². The van der Waals surface area contributed by atoms with Gasteiger partial charge in [0.25, 0.3) is 0 Å². The van der Waals surface area contributed by atoms with Gasteiger partial charge in [-0.05, 0) is 40.5 Å². The van der Waals surface area contributed by atoms with Crippen molar-refractivity contribution in [3.05, 3.63) is 22.2 Å². The summed E-state index contributed by atoms with van der Waals surface area (Å²) in [5.41, 5.74) is 1.19. The van der Waals surface area contributed by atoms with E-state index in [9.17, 15) is 23.1 Å². The summed E-state index contributed by atoms with van der Waals surface area (Å²) in [5.74, 6) is -0.127. The van der Waals surface area contributed by atoms with Gasteiger partial charge in [-0.15, -0.1) is 0 Å². The van der Waals surface area contributed by atoms with Crippen LogP contribution >= 0.6 is 15.9 Å². The molecular weight excluding hydrogens is 488 g/mol. The molecule has 0 aliphatic carbocycles. The van der Waals surface area contributed by atoms with E-state index in [1.165, 1.54) is 19.0 Å². The van der Waals surface area contributed by atoms with Crippen molar-refractivity contribution in [1.82, 2.24) is 14.1 Å². The molecule has 1 fully saturated rings. The predicted octanol–water partition coefficient (Wildman–Crippen LogP) is 2.01. The summed E-state index contributed by atoms with van der Waals surface area (Å²) in [6.45, 7) is 7.79. The molecular formula is C20H29BrN4O5S. The van der Waals surface area contributed by atoms with Crippen LogP contribution in [-0.4, -0.2) is 92.5 Å². The zero-order valence-corrected chi connectivity index (χ0v) is 20.8. The van der Waals surface area contributed by atoms with Crippen LogP contribution in [0.3, 0.4) is 0 Å². The second-order valence-corrected chi connectivity index (χ2v) is 12.0. The number of anilines is 1. The van der Waals surface area contributed by atoms with E-state index in [0.717, 1.165) is 9.87 Å². The first kappa shape index (κ1) is 24.0. The Kier molecular flexibility index (Phi) is 6.45. The third-order valence-corrected chi connectivity index (χ3v) is 8.77. The van der Waals surface area contributed by atoms with Crippen LogP contribution in [-0.2, 0) is 20.2 Å². The van der Waals surface area contributed by atoms with Gasteiger partial charge in [-0.1, -0.05) is 13.8 Å². The molecule has 0 bridgehead atoms. The van der Waals surface area contributed by atoms with Gasteiger partial charge in [0.1, 0.15) is 0 Å². The number of hydrogen-bond acceptors (Lipinski definition) is 5. The Bertz CT molecular complexity index is 1010. The van der Waals surface area contributed by atoms with E-state index >= 15 is 0 Å². The van der Waals surface area contributed by atoms with Crippen LogP contribution in [0, 0.1) is 0 Å². The first-order valence-electron chi connectivity index (χ1n) is 10.0. The number of piperazine rings is 1. The van der Waals surface area contributed by atoms with Gasteiger partial charge in [0.2, 0.25) is 15.9 Å². The van der Waals surface area contributed by atoms with Gasteiger partial charge in [0.05, 0.1) is 11.4 Å². The zero-order chi connectivity index (χ0) is 23.3. The fourth-order valence-corrected chi connectivity index (χ4v) is 6.14. The SMILES string of the molecule is C[C@@H]1CN(CC(=O)N2CC(C)(C)c3cc(Br)c(S(=O)(=O)N(C)C)cc32)CCN1C(=O)O. The Labute approximate surface area is 191 Å².